The predicted octanol–water partition coefficient (Wildman–Crippen LogP) is 7.00. The number of aliphatic hydroxyl groups excluding tert-OH is 1. The maximum atomic E-state index is 16.9. The Morgan fingerprint density at radius 3 is 2.40 bits per heavy atom. The zero-order valence-corrected chi connectivity index (χ0v) is 28.0. The topological polar surface area (TPSA) is 90.0 Å². The van der Waals surface area contributed by atoms with Crippen molar-refractivity contribution in [2.75, 3.05) is 38.5 Å². The molecule has 0 spiro atoms. The van der Waals surface area contributed by atoms with Gasteiger partial charge < -0.3 is 15.3 Å². The summed E-state index contributed by atoms with van der Waals surface area (Å²) in [5.74, 6) is 1.11. The molecule has 0 aliphatic heterocycles. The Labute approximate surface area is 264 Å². The molecule has 0 bridgehead atoms. The van der Waals surface area contributed by atoms with Crippen LogP contribution in [-0.2, 0) is 4.79 Å². The Kier molecular flexibility index (Phi) is 9.84. The highest BCUT2D eigenvalue weighted by atomic mass is 32.2. The van der Waals surface area contributed by atoms with Crippen LogP contribution < -0.4 is 5.32 Å². The van der Waals surface area contributed by atoms with E-state index in [9.17, 15) is 19.5 Å². The van der Waals surface area contributed by atoms with Gasteiger partial charge in [0.25, 0.3) is 0 Å². The molecule has 4 aliphatic rings. The molecule has 0 unspecified atom stereocenters. The van der Waals surface area contributed by atoms with Crippen molar-refractivity contribution in [3.05, 3.63) is 54.1 Å². The van der Waals surface area contributed by atoms with E-state index in [2.05, 4.69) is 25.4 Å². The molecule has 3 saturated carbocycles. The van der Waals surface area contributed by atoms with Crippen LogP contribution in [0.5, 0.6) is 0 Å². The summed E-state index contributed by atoms with van der Waals surface area (Å²) in [5.41, 5.74) is -1.10. The Morgan fingerprint density at radius 1 is 1.12 bits per heavy atom. The molecule has 2 N–H and O–H groups in total. The lowest BCUT2D eigenvalue weighted by atomic mass is 9.46. The standard InChI is InChI=1S/C22H31FO2S2.C11H15N3O2/c1-5-27-21(26-4)11-9-16-17-7-6-14-12-15(24)8-10-19(14,2)22(17,23)18(25)13-20(16,21)3;1-13(2)11(16)14(3)10(15)12-9-7-5-4-6-8-9/h8,10,12,16-18,25H,5-7,9,11,13H2,1-4H3;4-8H,1-3H3,(H,12,15)/t16-,17-,18-,19-,20-,21+,22-;/m0./s1. The quantitative estimate of drug-likeness (QED) is 0.348. The number of nitrogens with zero attached hydrogens (tertiary/aromatic N) is 2. The van der Waals surface area contributed by atoms with Gasteiger partial charge in [0.1, 0.15) is 0 Å². The Bertz CT molecular complexity index is 1290. The minimum Gasteiger partial charge on any atom is -0.390 e. The molecule has 10 heteroatoms. The maximum Gasteiger partial charge on any atom is 0.329 e. The molecule has 43 heavy (non-hydrogen) atoms. The minimum atomic E-state index is -1.69. The first-order valence-corrected chi connectivity index (χ1v) is 17.2. The highest BCUT2D eigenvalue weighted by molar-refractivity contribution is 8.18. The van der Waals surface area contributed by atoms with Crippen molar-refractivity contribution in [1.29, 1.82) is 0 Å². The molecule has 1 aromatic carbocycles. The molecule has 0 heterocycles. The SMILES string of the molecule is CCS[C@]1(SC)CC[C@H]2[C@@H]3CCC4=CC(=O)C=C[C@]4(C)[C@@]3(F)[C@@H](O)C[C@@]21C.CN(C)C(=O)N(C)C(=O)Nc1ccccc1. The van der Waals surface area contributed by atoms with Gasteiger partial charge in [0.2, 0.25) is 0 Å². The molecule has 5 rings (SSSR count). The number of imide groups is 1. The summed E-state index contributed by atoms with van der Waals surface area (Å²) in [4.78, 5) is 37.3. The van der Waals surface area contributed by atoms with Gasteiger partial charge in [-0.05, 0) is 86.7 Å². The molecule has 3 fully saturated rings. The van der Waals surface area contributed by atoms with Crippen molar-refractivity contribution in [2.45, 2.75) is 68.7 Å². The number of hydrogen-bond donors (Lipinski definition) is 2. The average Bonchev–Trinajstić information content (AvgIpc) is 3.26. The first kappa shape index (κ1) is 33.6. The lowest BCUT2D eigenvalue weighted by molar-refractivity contribution is -0.189. The van der Waals surface area contributed by atoms with Gasteiger partial charge in [-0.3, -0.25) is 4.79 Å². The molecular formula is C33H46FN3O4S2. The molecule has 4 aliphatic carbocycles. The van der Waals surface area contributed by atoms with Gasteiger partial charge in [-0.2, -0.15) is 0 Å². The van der Waals surface area contributed by atoms with Crippen LogP contribution in [0.15, 0.2) is 54.1 Å². The first-order valence-electron chi connectivity index (χ1n) is 15.0. The van der Waals surface area contributed by atoms with Crippen LogP contribution in [0.1, 0.15) is 52.9 Å². The fourth-order valence-electron chi connectivity index (χ4n) is 8.14. The summed E-state index contributed by atoms with van der Waals surface area (Å²) in [6.07, 6.45) is 10.2. The number of fused-ring (bicyclic) bond motifs is 5. The molecule has 4 amide bonds. The number of rotatable bonds is 4. The van der Waals surface area contributed by atoms with E-state index in [4.69, 9.17) is 0 Å². The molecule has 0 radical (unpaired) electrons. The monoisotopic (exact) mass is 631 g/mol. The fraction of sp³-hybridized carbons (Fsp3) is 0.606. The van der Waals surface area contributed by atoms with Crippen molar-refractivity contribution in [2.24, 2.45) is 22.7 Å². The minimum absolute atomic E-state index is 0.0544. The zero-order chi connectivity index (χ0) is 31.8. The first-order chi connectivity index (χ1) is 20.2. The number of benzene rings is 1. The van der Waals surface area contributed by atoms with Crippen LogP contribution in [0.3, 0.4) is 0 Å². The van der Waals surface area contributed by atoms with Gasteiger partial charge in [-0.1, -0.05) is 43.7 Å². The fourth-order valence-corrected chi connectivity index (χ4v) is 11.3. The third-order valence-electron chi connectivity index (χ3n) is 10.4. The number of carbonyl (C=O) groups excluding carboxylic acids is 3. The van der Waals surface area contributed by atoms with E-state index < -0.39 is 23.2 Å². The Hall–Kier alpha value is -2.30. The summed E-state index contributed by atoms with van der Waals surface area (Å²) in [6, 6.07) is 8.16. The van der Waals surface area contributed by atoms with Crippen molar-refractivity contribution >= 4 is 47.1 Å². The van der Waals surface area contributed by atoms with Crippen LogP contribution in [0.2, 0.25) is 0 Å². The normalized spacial score (nSPS) is 35.8. The van der Waals surface area contributed by atoms with Gasteiger partial charge in [-0.25, -0.2) is 18.9 Å². The molecule has 236 valence electrons. The van der Waals surface area contributed by atoms with Crippen LogP contribution in [0.25, 0.3) is 0 Å². The predicted molar refractivity (Wildman–Crippen MR) is 175 cm³/mol. The highest BCUT2D eigenvalue weighted by Crippen LogP contribution is 2.73. The van der Waals surface area contributed by atoms with Crippen molar-refractivity contribution in [3.63, 3.8) is 0 Å². The van der Waals surface area contributed by atoms with Crippen molar-refractivity contribution < 1.29 is 23.9 Å². The molecular weight excluding hydrogens is 586 g/mol. The number of amides is 4. The summed E-state index contributed by atoms with van der Waals surface area (Å²) >= 11 is 3.90. The lowest BCUT2D eigenvalue weighted by Gasteiger charge is -2.63. The third kappa shape index (κ3) is 5.56. The number of ketones is 1. The second kappa shape index (κ2) is 12.6. The van der Waals surface area contributed by atoms with Crippen LogP contribution >= 0.6 is 23.5 Å². The smallest absolute Gasteiger partial charge is 0.329 e. The zero-order valence-electron chi connectivity index (χ0n) is 26.4. The molecule has 0 aromatic heterocycles. The van der Waals surface area contributed by atoms with Gasteiger partial charge in [-0.15, -0.1) is 23.5 Å². The number of nitrogens with one attached hydrogen (secondary N) is 1. The van der Waals surface area contributed by atoms with Gasteiger partial charge in [0, 0.05) is 38.2 Å². The Balaban J connectivity index is 0.000000227. The molecule has 7 nitrogen and oxygen atoms in total. The average molecular weight is 632 g/mol. The summed E-state index contributed by atoms with van der Waals surface area (Å²) in [5, 5.41) is 13.9. The molecule has 1 aromatic rings. The van der Waals surface area contributed by atoms with Crippen LogP contribution in [-0.4, -0.2) is 81.8 Å². The van der Waals surface area contributed by atoms with Gasteiger partial charge in [0.15, 0.2) is 11.5 Å². The van der Waals surface area contributed by atoms with Crippen molar-refractivity contribution in [3.8, 4) is 0 Å². The number of aliphatic hydroxyl groups is 1. The van der Waals surface area contributed by atoms with E-state index in [-0.39, 0.29) is 33.1 Å². The van der Waals surface area contributed by atoms with Crippen molar-refractivity contribution in [1.82, 2.24) is 9.80 Å². The van der Waals surface area contributed by atoms with E-state index in [0.717, 1.165) is 41.9 Å². The van der Waals surface area contributed by atoms with Crippen LogP contribution in [0, 0.1) is 22.7 Å². The highest BCUT2D eigenvalue weighted by Gasteiger charge is 2.72. The number of halogens is 1. The summed E-state index contributed by atoms with van der Waals surface area (Å²) in [7, 11) is 4.61. The number of para-hydroxylation sites is 1. The second-order valence-electron chi connectivity index (χ2n) is 12.7. The summed E-state index contributed by atoms with van der Waals surface area (Å²) in [6.45, 7) is 6.40. The number of hydrogen-bond acceptors (Lipinski definition) is 6. The van der Waals surface area contributed by atoms with E-state index in [0.29, 0.717) is 12.1 Å². The largest absolute Gasteiger partial charge is 0.390 e. The van der Waals surface area contributed by atoms with E-state index >= 15 is 4.39 Å². The lowest BCUT2D eigenvalue weighted by Crippen LogP contribution is -2.67. The van der Waals surface area contributed by atoms with E-state index in [1.807, 2.05) is 48.6 Å². The summed E-state index contributed by atoms with van der Waals surface area (Å²) < 4.78 is 17.0. The third-order valence-corrected chi connectivity index (χ3v) is 14.0. The second-order valence-corrected chi connectivity index (χ2v) is 15.7. The number of anilines is 1. The molecule has 7 atom stereocenters. The number of urea groups is 2. The molecule has 0 saturated heterocycles. The van der Waals surface area contributed by atoms with Gasteiger partial charge >= 0.3 is 12.1 Å². The van der Waals surface area contributed by atoms with Crippen LogP contribution in [0.4, 0.5) is 19.7 Å². The number of carbonyl (C=O) groups is 3. The Morgan fingerprint density at radius 2 is 1.79 bits per heavy atom. The number of thioether (sulfide) groups is 2. The maximum absolute atomic E-state index is 16.9. The number of allylic oxidation sites excluding steroid dienone is 4. The van der Waals surface area contributed by atoms with E-state index in [1.54, 1.807) is 38.4 Å². The van der Waals surface area contributed by atoms with Gasteiger partial charge in [0.05, 0.1) is 10.2 Å². The number of alkyl halides is 1. The van der Waals surface area contributed by atoms with E-state index in [1.165, 1.54) is 18.0 Å².